The Balaban J connectivity index is 1.37. The summed E-state index contributed by atoms with van der Waals surface area (Å²) in [5.74, 6) is 0.449. The van der Waals surface area contributed by atoms with Gasteiger partial charge in [0, 0.05) is 16.6 Å². The van der Waals surface area contributed by atoms with Gasteiger partial charge in [0.25, 0.3) is 5.91 Å². The molecule has 136 valence electrons. The summed E-state index contributed by atoms with van der Waals surface area (Å²) in [5, 5.41) is 3.80. The zero-order chi connectivity index (χ0) is 18.1. The van der Waals surface area contributed by atoms with E-state index >= 15 is 0 Å². The molecule has 1 atom stereocenters. The van der Waals surface area contributed by atoms with Crippen LogP contribution in [0.4, 0.5) is 0 Å². The third-order valence-electron chi connectivity index (χ3n) is 6.02. The fourth-order valence-corrected chi connectivity index (χ4v) is 4.54. The Hall–Kier alpha value is -1.84. The second kappa shape index (κ2) is 7.05. The number of ether oxygens (including phenoxy) is 1. The summed E-state index contributed by atoms with van der Waals surface area (Å²) in [4.78, 5) is 12.4. The van der Waals surface area contributed by atoms with Gasteiger partial charge in [-0.3, -0.25) is 4.79 Å². The van der Waals surface area contributed by atoms with Gasteiger partial charge in [0.05, 0.1) is 12.2 Å². The Morgan fingerprint density at radius 3 is 2.58 bits per heavy atom. The summed E-state index contributed by atoms with van der Waals surface area (Å²) in [6.07, 6.45) is 4.18. The van der Waals surface area contributed by atoms with Crippen molar-refractivity contribution < 1.29 is 9.53 Å². The van der Waals surface area contributed by atoms with Crippen LogP contribution in [-0.2, 0) is 16.9 Å². The highest BCUT2D eigenvalue weighted by atomic mass is 35.5. The van der Waals surface area contributed by atoms with Crippen LogP contribution in [0.15, 0.2) is 48.5 Å². The number of carbonyl (C=O) groups is 1. The maximum absolute atomic E-state index is 12.4. The van der Waals surface area contributed by atoms with Gasteiger partial charge in [-0.2, -0.15) is 0 Å². The third kappa shape index (κ3) is 3.26. The molecule has 1 N–H and O–H groups in total. The van der Waals surface area contributed by atoms with Crippen LogP contribution in [0.1, 0.15) is 54.1 Å². The minimum absolute atomic E-state index is 0.0306. The lowest BCUT2D eigenvalue weighted by Crippen LogP contribution is -2.42. The second-order valence-corrected chi connectivity index (χ2v) is 7.98. The van der Waals surface area contributed by atoms with E-state index in [0.717, 1.165) is 32.3 Å². The summed E-state index contributed by atoms with van der Waals surface area (Å²) in [5.41, 5.74) is 3.25. The fraction of sp³-hybridized carbons (Fsp3) is 0.409. The van der Waals surface area contributed by atoms with E-state index in [1.807, 2.05) is 0 Å². The zero-order valence-corrected chi connectivity index (χ0v) is 15.8. The standard InChI is InChI=1S/C22H24ClNO2/c1-15(24-21(25)17-6-8-19(23)9-7-17)16-10-12-22(13-11-16)20-5-3-2-4-18(20)14-26-22/h2-9,15-16H,10-14H2,1H3,(H,24,25). The number of amides is 1. The van der Waals surface area contributed by atoms with Crippen LogP contribution in [0, 0.1) is 5.92 Å². The summed E-state index contributed by atoms with van der Waals surface area (Å²) in [6, 6.07) is 15.8. The Morgan fingerprint density at radius 1 is 1.15 bits per heavy atom. The van der Waals surface area contributed by atoms with E-state index in [4.69, 9.17) is 16.3 Å². The molecule has 1 amide bonds. The van der Waals surface area contributed by atoms with E-state index in [1.165, 1.54) is 11.1 Å². The van der Waals surface area contributed by atoms with Crippen LogP contribution in [0.2, 0.25) is 5.02 Å². The molecule has 1 fully saturated rings. The van der Waals surface area contributed by atoms with Crippen molar-refractivity contribution in [1.29, 1.82) is 0 Å². The van der Waals surface area contributed by atoms with Gasteiger partial charge in [0.1, 0.15) is 0 Å². The lowest BCUT2D eigenvalue weighted by Gasteiger charge is -2.39. The minimum atomic E-state index is -0.104. The van der Waals surface area contributed by atoms with Crippen molar-refractivity contribution in [2.45, 2.75) is 50.9 Å². The maximum atomic E-state index is 12.4. The van der Waals surface area contributed by atoms with Crippen molar-refractivity contribution in [3.05, 3.63) is 70.2 Å². The lowest BCUT2D eigenvalue weighted by atomic mass is 9.73. The van der Waals surface area contributed by atoms with Crippen LogP contribution in [0.25, 0.3) is 0 Å². The van der Waals surface area contributed by atoms with Gasteiger partial charge < -0.3 is 10.1 Å². The highest BCUT2D eigenvalue weighted by molar-refractivity contribution is 6.30. The minimum Gasteiger partial charge on any atom is -0.366 e. The van der Waals surface area contributed by atoms with Crippen LogP contribution in [0.3, 0.4) is 0 Å². The molecule has 0 saturated heterocycles. The molecule has 4 rings (SSSR count). The first kappa shape index (κ1) is 17.6. The quantitative estimate of drug-likeness (QED) is 0.819. The number of benzene rings is 2. The lowest BCUT2D eigenvalue weighted by molar-refractivity contribution is -0.0743. The largest absolute Gasteiger partial charge is 0.366 e. The van der Waals surface area contributed by atoms with Crippen molar-refractivity contribution in [3.8, 4) is 0 Å². The highest BCUT2D eigenvalue weighted by Gasteiger charge is 2.43. The smallest absolute Gasteiger partial charge is 0.251 e. The van der Waals surface area contributed by atoms with Crippen molar-refractivity contribution in [2.24, 2.45) is 5.92 Å². The number of fused-ring (bicyclic) bond motifs is 2. The molecule has 1 spiro atoms. The maximum Gasteiger partial charge on any atom is 0.251 e. The van der Waals surface area contributed by atoms with E-state index in [-0.39, 0.29) is 17.6 Å². The van der Waals surface area contributed by atoms with Crippen molar-refractivity contribution in [3.63, 3.8) is 0 Å². The Labute approximate surface area is 159 Å². The van der Waals surface area contributed by atoms with Gasteiger partial charge in [0.2, 0.25) is 0 Å². The number of hydrogen-bond donors (Lipinski definition) is 1. The molecule has 1 heterocycles. The van der Waals surface area contributed by atoms with E-state index in [2.05, 4.69) is 36.5 Å². The first-order chi connectivity index (χ1) is 12.6. The third-order valence-corrected chi connectivity index (χ3v) is 6.27. The van der Waals surface area contributed by atoms with Gasteiger partial charge in [-0.05, 0) is 73.9 Å². The summed E-state index contributed by atoms with van der Waals surface area (Å²) < 4.78 is 6.24. The van der Waals surface area contributed by atoms with E-state index < -0.39 is 0 Å². The second-order valence-electron chi connectivity index (χ2n) is 7.55. The molecule has 1 aliphatic heterocycles. The molecule has 2 aromatic rings. The van der Waals surface area contributed by atoms with Crippen LogP contribution in [0.5, 0.6) is 0 Å². The number of carbonyl (C=O) groups excluding carboxylic acids is 1. The molecule has 1 saturated carbocycles. The van der Waals surface area contributed by atoms with E-state index in [9.17, 15) is 4.79 Å². The van der Waals surface area contributed by atoms with E-state index in [1.54, 1.807) is 24.3 Å². The first-order valence-electron chi connectivity index (χ1n) is 9.36. The Kier molecular flexibility index (Phi) is 4.76. The summed E-state index contributed by atoms with van der Waals surface area (Å²) in [7, 11) is 0. The SMILES string of the molecule is CC(NC(=O)c1ccc(Cl)cc1)C1CCC2(CC1)OCc1ccccc12. The molecule has 2 aromatic carbocycles. The molecule has 1 aliphatic carbocycles. The van der Waals surface area contributed by atoms with Crippen LogP contribution < -0.4 is 5.32 Å². The van der Waals surface area contributed by atoms with Gasteiger partial charge in [-0.25, -0.2) is 0 Å². The average Bonchev–Trinajstić information content (AvgIpc) is 3.01. The Bertz CT molecular complexity index is 794. The topological polar surface area (TPSA) is 38.3 Å². The number of rotatable bonds is 3. The van der Waals surface area contributed by atoms with Crippen LogP contribution in [-0.4, -0.2) is 11.9 Å². The Morgan fingerprint density at radius 2 is 1.85 bits per heavy atom. The monoisotopic (exact) mass is 369 g/mol. The summed E-state index contributed by atoms with van der Waals surface area (Å²) >= 11 is 5.90. The molecule has 0 aromatic heterocycles. The average molecular weight is 370 g/mol. The molecule has 4 heteroatoms. The molecule has 1 unspecified atom stereocenters. The number of halogens is 1. The molecule has 26 heavy (non-hydrogen) atoms. The van der Waals surface area contributed by atoms with E-state index in [0.29, 0.717) is 16.5 Å². The molecular formula is C22H24ClNO2. The molecule has 0 bridgehead atoms. The normalized spacial score (nSPS) is 25.7. The summed E-state index contributed by atoms with van der Waals surface area (Å²) in [6.45, 7) is 2.84. The number of nitrogens with one attached hydrogen (secondary N) is 1. The molecule has 3 nitrogen and oxygen atoms in total. The van der Waals surface area contributed by atoms with Gasteiger partial charge in [-0.15, -0.1) is 0 Å². The van der Waals surface area contributed by atoms with Crippen LogP contribution >= 0.6 is 11.6 Å². The molecular weight excluding hydrogens is 346 g/mol. The highest BCUT2D eigenvalue weighted by Crippen LogP contribution is 2.48. The predicted octanol–water partition coefficient (Wildman–Crippen LogP) is 5.07. The van der Waals surface area contributed by atoms with Gasteiger partial charge >= 0.3 is 0 Å². The van der Waals surface area contributed by atoms with Gasteiger partial charge in [0.15, 0.2) is 0 Å². The predicted molar refractivity (Wildman–Crippen MR) is 103 cm³/mol. The fourth-order valence-electron chi connectivity index (χ4n) is 4.41. The van der Waals surface area contributed by atoms with Crippen molar-refractivity contribution in [1.82, 2.24) is 5.32 Å². The number of hydrogen-bond acceptors (Lipinski definition) is 2. The zero-order valence-electron chi connectivity index (χ0n) is 15.0. The van der Waals surface area contributed by atoms with Gasteiger partial charge in [-0.1, -0.05) is 35.9 Å². The molecule has 0 radical (unpaired) electrons. The van der Waals surface area contributed by atoms with Crippen molar-refractivity contribution >= 4 is 17.5 Å². The first-order valence-corrected chi connectivity index (χ1v) is 9.74. The van der Waals surface area contributed by atoms with Crippen molar-refractivity contribution in [2.75, 3.05) is 0 Å². The molecule has 2 aliphatic rings.